The van der Waals surface area contributed by atoms with Gasteiger partial charge >= 0.3 is 0 Å². The van der Waals surface area contributed by atoms with Crippen LogP contribution in [-0.2, 0) is 11.3 Å². The molecule has 8 heteroatoms. The molecule has 1 amide bonds. The van der Waals surface area contributed by atoms with Crippen LogP contribution in [0.2, 0.25) is 0 Å². The molecule has 4 rings (SSSR count). The van der Waals surface area contributed by atoms with Crippen LogP contribution in [0.4, 0.5) is 0 Å². The van der Waals surface area contributed by atoms with Gasteiger partial charge in [-0.15, -0.1) is 0 Å². The fourth-order valence-electron chi connectivity index (χ4n) is 3.46. The van der Waals surface area contributed by atoms with Crippen LogP contribution in [-0.4, -0.2) is 37.1 Å². The van der Waals surface area contributed by atoms with Gasteiger partial charge in [0.15, 0.2) is 0 Å². The maximum absolute atomic E-state index is 12.7. The van der Waals surface area contributed by atoms with Crippen LogP contribution >= 0.6 is 0 Å². The Balaban J connectivity index is 1.50. The molecule has 3 heterocycles. The second kappa shape index (κ2) is 6.62. The Bertz CT molecular complexity index is 1030. The molecule has 1 atom stereocenters. The van der Waals surface area contributed by atoms with Gasteiger partial charge in [-0.3, -0.25) is 19.5 Å². The first-order valence-corrected chi connectivity index (χ1v) is 8.66. The molecule has 2 aromatic heterocycles. The summed E-state index contributed by atoms with van der Waals surface area (Å²) in [6.07, 6.45) is 1.92. The minimum absolute atomic E-state index is 0.0513. The number of para-hydroxylation sites is 2. The number of carbonyl (C=O) groups is 1. The Kier molecular flexibility index (Phi) is 4.16. The summed E-state index contributed by atoms with van der Waals surface area (Å²) < 4.78 is 1.17. The molecule has 3 aromatic rings. The molecule has 2 N–H and O–H groups in total. The van der Waals surface area contributed by atoms with Crippen molar-refractivity contribution in [3.05, 3.63) is 62.9 Å². The molecular weight excluding hydrogens is 334 g/mol. The summed E-state index contributed by atoms with van der Waals surface area (Å²) in [6, 6.07) is 10.1. The Morgan fingerprint density at radius 1 is 1.19 bits per heavy atom. The van der Waals surface area contributed by atoms with E-state index in [0.29, 0.717) is 6.54 Å². The van der Waals surface area contributed by atoms with Crippen LogP contribution in [0.1, 0.15) is 31.1 Å². The van der Waals surface area contributed by atoms with Crippen LogP contribution < -0.4 is 11.1 Å². The minimum Gasteiger partial charge on any atom is -0.340 e. The number of nitrogens with one attached hydrogen (secondary N) is 2. The Hall–Kier alpha value is -3.16. The number of nitrogens with zero attached hydrogens (tertiary/aromatic N) is 3. The molecule has 26 heavy (non-hydrogen) atoms. The van der Waals surface area contributed by atoms with Crippen LogP contribution in [0, 0.1) is 0 Å². The molecule has 0 aliphatic carbocycles. The first-order chi connectivity index (χ1) is 12.6. The number of aromatic amines is 2. The van der Waals surface area contributed by atoms with Gasteiger partial charge in [0, 0.05) is 25.1 Å². The first-order valence-electron chi connectivity index (χ1n) is 8.66. The van der Waals surface area contributed by atoms with Gasteiger partial charge in [-0.05, 0) is 25.0 Å². The van der Waals surface area contributed by atoms with E-state index in [2.05, 4.69) is 15.1 Å². The zero-order valence-electron chi connectivity index (χ0n) is 14.1. The van der Waals surface area contributed by atoms with E-state index >= 15 is 0 Å². The number of amides is 1. The van der Waals surface area contributed by atoms with Crippen molar-refractivity contribution in [2.24, 2.45) is 0 Å². The number of rotatable bonds is 4. The van der Waals surface area contributed by atoms with Crippen molar-refractivity contribution in [1.82, 2.24) is 24.6 Å². The van der Waals surface area contributed by atoms with Crippen LogP contribution in [0.5, 0.6) is 0 Å². The number of aryl methyl sites for hydroxylation is 1. The van der Waals surface area contributed by atoms with Crippen molar-refractivity contribution in [3.8, 4) is 0 Å². The predicted molar refractivity (Wildman–Crippen MR) is 95.7 cm³/mol. The van der Waals surface area contributed by atoms with Gasteiger partial charge in [-0.1, -0.05) is 12.1 Å². The molecule has 0 radical (unpaired) electrons. The van der Waals surface area contributed by atoms with Gasteiger partial charge in [0.05, 0.1) is 23.6 Å². The van der Waals surface area contributed by atoms with E-state index in [9.17, 15) is 14.4 Å². The summed E-state index contributed by atoms with van der Waals surface area (Å²) in [4.78, 5) is 45.5. The summed E-state index contributed by atoms with van der Waals surface area (Å²) in [6.45, 7) is 0.817. The highest BCUT2D eigenvalue weighted by atomic mass is 16.2. The molecule has 1 fully saturated rings. The van der Waals surface area contributed by atoms with Crippen LogP contribution in [0.15, 0.2) is 46.0 Å². The molecular formula is C18H19N5O3. The maximum atomic E-state index is 12.7. The zero-order chi connectivity index (χ0) is 18.1. The van der Waals surface area contributed by atoms with Gasteiger partial charge in [0.1, 0.15) is 5.82 Å². The van der Waals surface area contributed by atoms with Crippen molar-refractivity contribution in [2.45, 2.75) is 31.8 Å². The van der Waals surface area contributed by atoms with Gasteiger partial charge in [-0.25, -0.2) is 9.67 Å². The number of H-pyrrole nitrogens is 2. The quantitative estimate of drug-likeness (QED) is 0.734. The summed E-state index contributed by atoms with van der Waals surface area (Å²) >= 11 is 0. The molecule has 1 aromatic carbocycles. The number of hydrogen-bond acceptors (Lipinski definition) is 4. The predicted octanol–water partition coefficient (Wildman–Crippen LogP) is 1.17. The molecule has 0 bridgehead atoms. The maximum Gasteiger partial charge on any atom is 0.265 e. The zero-order valence-corrected chi connectivity index (χ0v) is 14.1. The second-order valence-electron chi connectivity index (χ2n) is 6.43. The monoisotopic (exact) mass is 353 g/mol. The highest BCUT2D eigenvalue weighted by molar-refractivity contribution is 5.78. The van der Waals surface area contributed by atoms with E-state index in [4.69, 9.17) is 0 Å². The number of hydrogen-bond donors (Lipinski definition) is 2. The topological polar surface area (TPSA) is 104 Å². The second-order valence-corrected chi connectivity index (χ2v) is 6.43. The summed E-state index contributed by atoms with van der Waals surface area (Å²) in [5.41, 5.74) is 1.15. The largest absolute Gasteiger partial charge is 0.340 e. The van der Waals surface area contributed by atoms with E-state index in [1.807, 2.05) is 29.2 Å². The van der Waals surface area contributed by atoms with Gasteiger partial charge in [-0.2, -0.15) is 0 Å². The standard InChI is InChI=1S/C18H19N5O3/c24-15-7-8-17(26)23(21-15)11-9-16(25)22-10-3-6-14(22)18-19-12-4-1-2-5-13(12)20-18/h1-2,4-5,7-8,14H,3,6,9-11H2,(H,19,20)(H,21,24)/t14-/m0/s1. The highest BCUT2D eigenvalue weighted by Crippen LogP contribution is 2.31. The number of likely N-dealkylation sites (tertiary alicyclic amines) is 1. The average molecular weight is 353 g/mol. The summed E-state index contributed by atoms with van der Waals surface area (Å²) in [5.74, 6) is 0.742. The minimum atomic E-state index is -0.363. The average Bonchev–Trinajstić information content (AvgIpc) is 3.28. The molecule has 0 unspecified atom stereocenters. The van der Waals surface area contributed by atoms with E-state index < -0.39 is 0 Å². The fraction of sp³-hybridized carbons (Fsp3) is 0.333. The van der Waals surface area contributed by atoms with Crippen LogP contribution in [0.3, 0.4) is 0 Å². The van der Waals surface area contributed by atoms with E-state index in [1.165, 1.54) is 16.8 Å². The number of aromatic nitrogens is 4. The molecule has 1 saturated heterocycles. The number of imidazole rings is 1. The lowest BCUT2D eigenvalue weighted by Gasteiger charge is -2.23. The van der Waals surface area contributed by atoms with E-state index in [1.54, 1.807) is 0 Å². The smallest absolute Gasteiger partial charge is 0.265 e. The third-order valence-corrected chi connectivity index (χ3v) is 4.73. The molecule has 1 aliphatic heterocycles. The number of carbonyl (C=O) groups excluding carboxylic acids is 1. The molecule has 0 saturated carbocycles. The third-order valence-electron chi connectivity index (χ3n) is 4.73. The SMILES string of the molecule is O=C(CCn1[nH]c(=O)ccc1=O)N1CCC[C@H]1c1nc2ccccc2[nH]1. The Morgan fingerprint density at radius 2 is 2.04 bits per heavy atom. The molecule has 8 nitrogen and oxygen atoms in total. The van der Waals surface area contributed by atoms with Gasteiger partial charge in [0.2, 0.25) is 5.91 Å². The first kappa shape index (κ1) is 16.3. The molecule has 0 spiro atoms. The van der Waals surface area contributed by atoms with Gasteiger partial charge < -0.3 is 9.88 Å². The lowest BCUT2D eigenvalue weighted by molar-refractivity contribution is -0.132. The van der Waals surface area contributed by atoms with Crippen molar-refractivity contribution < 1.29 is 4.79 Å². The van der Waals surface area contributed by atoms with Gasteiger partial charge in [0.25, 0.3) is 11.1 Å². The normalized spacial score (nSPS) is 17.1. The van der Waals surface area contributed by atoms with Crippen molar-refractivity contribution >= 4 is 16.9 Å². The lowest BCUT2D eigenvalue weighted by atomic mass is 10.2. The van der Waals surface area contributed by atoms with Crippen molar-refractivity contribution in [2.75, 3.05) is 6.54 Å². The summed E-state index contributed by atoms with van der Waals surface area (Å²) in [7, 11) is 0. The third kappa shape index (κ3) is 3.05. The highest BCUT2D eigenvalue weighted by Gasteiger charge is 2.31. The Labute approximate surface area is 148 Å². The molecule has 1 aliphatic rings. The van der Waals surface area contributed by atoms with E-state index in [0.717, 1.165) is 29.7 Å². The fourth-order valence-corrected chi connectivity index (χ4v) is 3.46. The number of fused-ring (bicyclic) bond motifs is 1. The van der Waals surface area contributed by atoms with Crippen LogP contribution in [0.25, 0.3) is 11.0 Å². The lowest BCUT2D eigenvalue weighted by Crippen LogP contribution is -2.34. The number of benzene rings is 1. The summed E-state index contributed by atoms with van der Waals surface area (Å²) in [5, 5.41) is 2.44. The van der Waals surface area contributed by atoms with Crippen molar-refractivity contribution in [3.63, 3.8) is 0 Å². The van der Waals surface area contributed by atoms with E-state index in [-0.39, 0.29) is 36.0 Å². The molecule has 134 valence electrons. The Morgan fingerprint density at radius 3 is 2.88 bits per heavy atom. The van der Waals surface area contributed by atoms with Crippen molar-refractivity contribution in [1.29, 1.82) is 0 Å².